The Kier molecular flexibility index (Phi) is 8.72. The molecule has 1 unspecified atom stereocenters. The Morgan fingerprint density at radius 1 is 1.00 bits per heavy atom. The van der Waals surface area contributed by atoms with Gasteiger partial charge in [-0.05, 0) is 58.3 Å². The van der Waals surface area contributed by atoms with E-state index in [9.17, 15) is 0 Å². The van der Waals surface area contributed by atoms with Gasteiger partial charge in [0.1, 0.15) is 0 Å². The molecule has 0 aromatic heterocycles. The van der Waals surface area contributed by atoms with Crippen LogP contribution in [0.15, 0.2) is 0 Å². The van der Waals surface area contributed by atoms with E-state index in [0.717, 1.165) is 6.04 Å². The van der Waals surface area contributed by atoms with E-state index in [2.05, 4.69) is 24.1 Å². The maximum absolute atomic E-state index is 3.75. The molecule has 1 heterocycles. The van der Waals surface area contributed by atoms with E-state index in [1.807, 2.05) is 0 Å². The monoisotopic (exact) mass is 240 g/mol. The molecule has 0 aliphatic carbocycles. The van der Waals surface area contributed by atoms with Gasteiger partial charge in [-0.3, -0.25) is 0 Å². The quantitative estimate of drug-likeness (QED) is 0.589. The normalized spacial score (nSPS) is 18.7. The number of unbranched alkanes of at least 4 members (excludes halogenated alkanes) is 1. The summed E-state index contributed by atoms with van der Waals surface area (Å²) in [5.41, 5.74) is 0. The largest absolute Gasteiger partial charge is 0.314 e. The van der Waals surface area contributed by atoms with Gasteiger partial charge in [-0.15, -0.1) is 0 Å². The zero-order valence-corrected chi connectivity index (χ0v) is 12.0. The van der Waals surface area contributed by atoms with Gasteiger partial charge in [-0.25, -0.2) is 0 Å². The highest BCUT2D eigenvalue weighted by Gasteiger charge is 2.11. The Morgan fingerprint density at radius 3 is 2.41 bits per heavy atom. The molecule has 1 N–H and O–H groups in total. The van der Waals surface area contributed by atoms with E-state index < -0.39 is 0 Å². The van der Waals surface area contributed by atoms with Crippen LogP contribution in [0.1, 0.15) is 65.2 Å². The van der Waals surface area contributed by atoms with E-state index in [1.54, 1.807) is 0 Å². The molecule has 0 amide bonds. The lowest BCUT2D eigenvalue weighted by Crippen LogP contribution is -2.32. The molecular formula is C15H32N2. The second-order valence-electron chi connectivity index (χ2n) is 5.48. The van der Waals surface area contributed by atoms with Crippen molar-refractivity contribution in [3.8, 4) is 0 Å². The van der Waals surface area contributed by atoms with Crippen molar-refractivity contribution in [2.75, 3.05) is 26.2 Å². The van der Waals surface area contributed by atoms with Crippen molar-refractivity contribution in [3.63, 3.8) is 0 Å². The average Bonchev–Trinajstić information content (AvgIpc) is 2.84. The molecule has 1 saturated heterocycles. The minimum Gasteiger partial charge on any atom is -0.314 e. The molecule has 1 rings (SSSR count). The van der Waals surface area contributed by atoms with E-state index in [0.29, 0.717) is 0 Å². The Morgan fingerprint density at radius 2 is 1.76 bits per heavy atom. The van der Waals surface area contributed by atoms with Crippen molar-refractivity contribution >= 4 is 0 Å². The van der Waals surface area contributed by atoms with Crippen molar-refractivity contribution in [2.24, 2.45) is 0 Å². The van der Waals surface area contributed by atoms with Crippen LogP contribution in [0.3, 0.4) is 0 Å². The first kappa shape index (κ1) is 15.0. The van der Waals surface area contributed by atoms with E-state index in [1.165, 1.54) is 77.5 Å². The summed E-state index contributed by atoms with van der Waals surface area (Å²) >= 11 is 0. The third-order valence-corrected chi connectivity index (χ3v) is 3.83. The summed E-state index contributed by atoms with van der Waals surface area (Å²) in [5.74, 6) is 0. The number of likely N-dealkylation sites (tertiary alicyclic amines) is 1. The van der Waals surface area contributed by atoms with Gasteiger partial charge >= 0.3 is 0 Å². The topological polar surface area (TPSA) is 15.3 Å². The first-order valence-corrected chi connectivity index (χ1v) is 7.82. The zero-order valence-electron chi connectivity index (χ0n) is 12.0. The molecule has 1 aliphatic heterocycles. The fourth-order valence-electron chi connectivity index (χ4n) is 2.76. The summed E-state index contributed by atoms with van der Waals surface area (Å²) in [4.78, 5) is 2.61. The maximum atomic E-state index is 3.75. The van der Waals surface area contributed by atoms with Gasteiger partial charge in [-0.1, -0.05) is 33.1 Å². The fraction of sp³-hybridized carbons (Fsp3) is 1.00. The van der Waals surface area contributed by atoms with Gasteiger partial charge in [-0.2, -0.15) is 0 Å². The van der Waals surface area contributed by atoms with Crippen molar-refractivity contribution in [1.29, 1.82) is 0 Å². The van der Waals surface area contributed by atoms with Crippen LogP contribution < -0.4 is 5.32 Å². The zero-order chi connectivity index (χ0) is 12.3. The molecule has 0 aromatic rings. The molecule has 1 aliphatic rings. The molecule has 1 fully saturated rings. The Balaban J connectivity index is 2.00. The standard InChI is InChI=1S/C15H32N2/c1-3-5-10-15(9-4-2)16-11-8-14-17-12-6-7-13-17/h15-16H,3-14H2,1-2H3. The van der Waals surface area contributed by atoms with Crippen LogP contribution in [0.2, 0.25) is 0 Å². The molecule has 0 radical (unpaired) electrons. The molecule has 0 bridgehead atoms. The summed E-state index contributed by atoms with van der Waals surface area (Å²) in [5, 5.41) is 3.75. The highest BCUT2D eigenvalue weighted by atomic mass is 15.1. The molecule has 102 valence electrons. The van der Waals surface area contributed by atoms with Gasteiger partial charge in [0.15, 0.2) is 0 Å². The first-order valence-electron chi connectivity index (χ1n) is 7.82. The van der Waals surface area contributed by atoms with E-state index in [-0.39, 0.29) is 0 Å². The van der Waals surface area contributed by atoms with Crippen LogP contribution in [0.25, 0.3) is 0 Å². The lowest BCUT2D eigenvalue weighted by Gasteiger charge is -2.19. The summed E-state index contributed by atoms with van der Waals surface area (Å²) in [7, 11) is 0. The number of nitrogens with one attached hydrogen (secondary N) is 1. The lowest BCUT2D eigenvalue weighted by molar-refractivity contribution is 0.323. The fourth-order valence-corrected chi connectivity index (χ4v) is 2.76. The number of nitrogens with zero attached hydrogens (tertiary/aromatic N) is 1. The van der Waals surface area contributed by atoms with E-state index >= 15 is 0 Å². The first-order chi connectivity index (χ1) is 8.36. The highest BCUT2D eigenvalue weighted by molar-refractivity contribution is 4.69. The predicted octanol–water partition coefficient (Wildman–Crippen LogP) is 3.42. The summed E-state index contributed by atoms with van der Waals surface area (Å²) in [6, 6.07) is 0.776. The lowest BCUT2D eigenvalue weighted by atomic mass is 10.1. The molecule has 0 aromatic carbocycles. The minimum absolute atomic E-state index is 0.776. The molecule has 2 nitrogen and oxygen atoms in total. The molecule has 2 heteroatoms. The summed E-state index contributed by atoms with van der Waals surface area (Å²) in [6.07, 6.45) is 10.9. The van der Waals surface area contributed by atoms with Gasteiger partial charge < -0.3 is 10.2 Å². The third kappa shape index (κ3) is 7.05. The smallest absolute Gasteiger partial charge is 0.00669 e. The van der Waals surface area contributed by atoms with Gasteiger partial charge in [0.2, 0.25) is 0 Å². The van der Waals surface area contributed by atoms with Crippen molar-refractivity contribution in [2.45, 2.75) is 71.3 Å². The highest BCUT2D eigenvalue weighted by Crippen LogP contribution is 2.08. The SMILES string of the molecule is CCCCC(CCC)NCCCN1CCCC1. The maximum Gasteiger partial charge on any atom is 0.00669 e. The Hall–Kier alpha value is -0.0800. The van der Waals surface area contributed by atoms with Gasteiger partial charge in [0, 0.05) is 6.04 Å². The van der Waals surface area contributed by atoms with Crippen LogP contribution in [0.4, 0.5) is 0 Å². The van der Waals surface area contributed by atoms with Crippen LogP contribution in [-0.2, 0) is 0 Å². The van der Waals surface area contributed by atoms with Crippen LogP contribution in [0.5, 0.6) is 0 Å². The van der Waals surface area contributed by atoms with Gasteiger partial charge in [0.05, 0.1) is 0 Å². The number of hydrogen-bond acceptors (Lipinski definition) is 2. The van der Waals surface area contributed by atoms with Crippen molar-refractivity contribution < 1.29 is 0 Å². The van der Waals surface area contributed by atoms with Crippen molar-refractivity contribution in [3.05, 3.63) is 0 Å². The van der Waals surface area contributed by atoms with Gasteiger partial charge in [0.25, 0.3) is 0 Å². The summed E-state index contributed by atoms with van der Waals surface area (Å²) in [6.45, 7) is 9.79. The average molecular weight is 240 g/mol. The molecular weight excluding hydrogens is 208 g/mol. The second kappa shape index (κ2) is 9.90. The third-order valence-electron chi connectivity index (χ3n) is 3.83. The molecule has 0 spiro atoms. The minimum atomic E-state index is 0.776. The Bertz CT molecular complexity index is 164. The van der Waals surface area contributed by atoms with Crippen LogP contribution in [-0.4, -0.2) is 37.1 Å². The van der Waals surface area contributed by atoms with Crippen molar-refractivity contribution in [1.82, 2.24) is 10.2 Å². The van der Waals surface area contributed by atoms with Crippen LogP contribution >= 0.6 is 0 Å². The molecule has 17 heavy (non-hydrogen) atoms. The summed E-state index contributed by atoms with van der Waals surface area (Å²) < 4.78 is 0. The molecule has 1 atom stereocenters. The van der Waals surface area contributed by atoms with E-state index in [4.69, 9.17) is 0 Å². The number of rotatable bonds is 10. The molecule has 0 saturated carbocycles. The predicted molar refractivity (Wildman–Crippen MR) is 76.5 cm³/mol. The van der Waals surface area contributed by atoms with Crippen LogP contribution in [0, 0.1) is 0 Å². The Labute approximate surface area is 108 Å². The second-order valence-corrected chi connectivity index (χ2v) is 5.48. The number of hydrogen-bond donors (Lipinski definition) is 1.